The van der Waals surface area contributed by atoms with Gasteiger partial charge in [-0.3, -0.25) is 9.59 Å². The van der Waals surface area contributed by atoms with E-state index in [1.165, 1.54) is 0 Å². The minimum absolute atomic E-state index is 0.126. The zero-order valence-electron chi connectivity index (χ0n) is 17.8. The molecule has 6 heteroatoms. The molecule has 1 aromatic heterocycles. The van der Waals surface area contributed by atoms with Crippen molar-refractivity contribution in [3.05, 3.63) is 60.2 Å². The van der Waals surface area contributed by atoms with Crippen LogP contribution in [0.4, 0.5) is 0 Å². The van der Waals surface area contributed by atoms with Gasteiger partial charge in [0.25, 0.3) is 5.91 Å². The van der Waals surface area contributed by atoms with E-state index in [2.05, 4.69) is 5.32 Å². The average Bonchev–Trinajstić information content (AvgIpc) is 3.21. The summed E-state index contributed by atoms with van der Waals surface area (Å²) in [5, 5.41) is 3.83. The van der Waals surface area contributed by atoms with E-state index in [1.54, 1.807) is 0 Å². The number of benzene rings is 2. The highest BCUT2D eigenvalue weighted by Gasteiger charge is 2.19. The molecular formula is C25H27N3O3. The van der Waals surface area contributed by atoms with E-state index in [-0.39, 0.29) is 11.8 Å². The second-order valence-electron chi connectivity index (χ2n) is 7.62. The molecule has 0 aliphatic carbocycles. The topological polar surface area (TPSA) is 71.5 Å². The number of nitrogens with one attached hydrogen (secondary N) is 1. The minimum Gasteiger partial charge on any atom is -0.494 e. The molecule has 2 aromatic carbocycles. The molecule has 3 aromatic rings. The summed E-state index contributed by atoms with van der Waals surface area (Å²) in [4.78, 5) is 31.4. The molecule has 0 saturated carbocycles. The zero-order valence-corrected chi connectivity index (χ0v) is 17.8. The molecule has 1 saturated heterocycles. The van der Waals surface area contributed by atoms with E-state index in [4.69, 9.17) is 9.72 Å². The van der Waals surface area contributed by atoms with Gasteiger partial charge in [0, 0.05) is 37.0 Å². The molecule has 6 nitrogen and oxygen atoms in total. The van der Waals surface area contributed by atoms with Crippen LogP contribution in [-0.2, 0) is 4.79 Å². The summed E-state index contributed by atoms with van der Waals surface area (Å²) in [5.74, 6) is 0.895. The molecule has 0 bridgehead atoms. The van der Waals surface area contributed by atoms with Crippen molar-refractivity contribution < 1.29 is 14.3 Å². The molecule has 1 aliphatic rings. The van der Waals surface area contributed by atoms with Gasteiger partial charge in [0.05, 0.1) is 23.4 Å². The van der Waals surface area contributed by atoms with E-state index in [9.17, 15) is 9.59 Å². The summed E-state index contributed by atoms with van der Waals surface area (Å²) in [5.41, 5.74) is 3.05. The number of amides is 2. The van der Waals surface area contributed by atoms with Crippen LogP contribution in [0.3, 0.4) is 0 Å². The largest absolute Gasteiger partial charge is 0.494 e. The molecule has 1 aliphatic heterocycles. The molecule has 31 heavy (non-hydrogen) atoms. The van der Waals surface area contributed by atoms with Crippen LogP contribution in [0.25, 0.3) is 22.2 Å². The number of rotatable bonds is 8. The van der Waals surface area contributed by atoms with Crippen molar-refractivity contribution in [2.75, 3.05) is 26.2 Å². The van der Waals surface area contributed by atoms with Crippen molar-refractivity contribution in [2.24, 2.45) is 0 Å². The van der Waals surface area contributed by atoms with E-state index < -0.39 is 0 Å². The third-order valence-electron chi connectivity index (χ3n) is 5.48. The number of hydrogen-bond donors (Lipinski definition) is 1. The highest BCUT2D eigenvalue weighted by molar-refractivity contribution is 6.07. The van der Waals surface area contributed by atoms with Crippen molar-refractivity contribution in [2.45, 2.75) is 26.2 Å². The lowest BCUT2D eigenvalue weighted by Gasteiger charge is -2.15. The first-order chi connectivity index (χ1) is 15.2. The number of aromatic nitrogens is 1. The lowest BCUT2D eigenvalue weighted by molar-refractivity contribution is -0.127. The maximum absolute atomic E-state index is 13.0. The van der Waals surface area contributed by atoms with Gasteiger partial charge < -0.3 is 15.0 Å². The van der Waals surface area contributed by atoms with Gasteiger partial charge in [-0.1, -0.05) is 18.2 Å². The van der Waals surface area contributed by atoms with E-state index in [0.29, 0.717) is 31.7 Å². The van der Waals surface area contributed by atoms with Gasteiger partial charge in [-0.15, -0.1) is 0 Å². The summed E-state index contributed by atoms with van der Waals surface area (Å²) < 4.78 is 5.52. The third-order valence-corrected chi connectivity index (χ3v) is 5.48. The van der Waals surface area contributed by atoms with Crippen LogP contribution in [0.15, 0.2) is 54.6 Å². The lowest BCUT2D eigenvalue weighted by atomic mass is 10.0. The Morgan fingerprint density at radius 2 is 1.97 bits per heavy atom. The number of ether oxygens (including phenoxy) is 1. The van der Waals surface area contributed by atoms with Gasteiger partial charge in [0.2, 0.25) is 5.91 Å². The summed E-state index contributed by atoms with van der Waals surface area (Å²) in [7, 11) is 0. The van der Waals surface area contributed by atoms with Crippen LogP contribution in [0.5, 0.6) is 5.75 Å². The van der Waals surface area contributed by atoms with E-state index in [0.717, 1.165) is 47.3 Å². The van der Waals surface area contributed by atoms with E-state index >= 15 is 0 Å². The summed E-state index contributed by atoms with van der Waals surface area (Å²) >= 11 is 0. The number of nitrogens with zero attached hydrogens (tertiary/aromatic N) is 2. The van der Waals surface area contributed by atoms with Crippen molar-refractivity contribution in [3.63, 3.8) is 0 Å². The first-order valence-electron chi connectivity index (χ1n) is 10.8. The van der Waals surface area contributed by atoms with Gasteiger partial charge in [0.15, 0.2) is 0 Å². The molecule has 0 spiro atoms. The highest BCUT2D eigenvalue weighted by Crippen LogP contribution is 2.26. The standard InChI is InChI=1S/C25H27N3O3/c1-2-31-19-12-10-18(11-13-19)23-17-21(20-7-3-4-8-22(20)27-23)25(30)26-14-6-16-28-15-5-9-24(28)29/h3-4,7-8,10-13,17H,2,5-6,9,14-16H2,1H3,(H,26,30). The molecule has 0 radical (unpaired) electrons. The molecule has 160 valence electrons. The van der Waals surface area contributed by atoms with E-state index in [1.807, 2.05) is 66.4 Å². The first-order valence-corrected chi connectivity index (χ1v) is 10.8. The second-order valence-corrected chi connectivity index (χ2v) is 7.62. The highest BCUT2D eigenvalue weighted by atomic mass is 16.5. The Kier molecular flexibility index (Phi) is 6.46. The third kappa shape index (κ3) is 4.85. The number of fused-ring (bicyclic) bond motifs is 1. The molecule has 1 N–H and O–H groups in total. The Bertz CT molecular complexity index is 1080. The Morgan fingerprint density at radius 1 is 1.16 bits per heavy atom. The summed E-state index contributed by atoms with van der Waals surface area (Å²) in [6, 6.07) is 17.3. The Morgan fingerprint density at radius 3 is 2.71 bits per heavy atom. The molecule has 4 rings (SSSR count). The second kappa shape index (κ2) is 9.60. The predicted molar refractivity (Wildman–Crippen MR) is 121 cm³/mol. The number of carbonyl (C=O) groups excluding carboxylic acids is 2. The number of hydrogen-bond acceptors (Lipinski definition) is 4. The van der Waals surface area contributed by atoms with Crippen LogP contribution in [-0.4, -0.2) is 47.9 Å². The number of likely N-dealkylation sites (tertiary alicyclic amines) is 1. The zero-order chi connectivity index (χ0) is 21.6. The van der Waals surface area contributed by atoms with Gasteiger partial charge in [-0.05, 0) is 56.2 Å². The van der Waals surface area contributed by atoms with Crippen LogP contribution in [0, 0.1) is 0 Å². The predicted octanol–water partition coefficient (Wildman–Crippen LogP) is 4.04. The SMILES string of the molecule is CCOc1ccc(-c2cc(C(=O)NCCCN3CCCC3=O)c3ccccc3n2)cc1. The monoisotopic (exact) mass is 417 g/mol. The smallest absolute Gasteiger partial charge is 0.252 e. The van der Waals surface area contributed by atoms with Crippen LogP contribution in [0.2, 0.25) is 0 Å². The van der Waals surface area contributed by atoms with Crippen LogP contribution in [0.1, 0.15) is 36.5 Å². The molecule has 1 fully saturated rings. The number of para-hydroxylation sites is 1. The van der Waals surface area contributed by atoms with Gasteiger partial charge in [0.1, 0.15) is 5.75 Å². The fourth-order valence-corrected chi connectivity index (χ4v) is 3.91. The van der Waals surface area contributed by atoms with Gasteiger partial charge in [-0.25, -0.2) is 4.98 Å². The minimum atomic E-state index is -0.126. The first kappa shape index (κ1) is 20.8. The maximum Gasteiger partial charge on any atom is 0.252 e. The lowest BCUT2D eigenvalue weighted by Crippen LogP contribution is -2.30. The molecule has 2 amide bonds. The van der Waals surface area contributed by atoms with Crippen molar-refractivity contribution >= 4 is 22.7 Å². The molecule has 0 atom stereocenters. The Hall–Kier alpha value is -3.41. The average molecular weight is 418 g/mol. The Labute approximate surface area is 182 Å². The van der Waals surface area contributed by atoms with Crippen molar-refractivity contribution in [3.8, 4) is 17.0 Å². The molecule has 2 heterocycles. The number of carbonyl (C=O) groups is 2. The van der Waals surface area contributed by atoms with Gasteiger partial charge >= 0.3 is 0 Å². The van der Waals surface area contributed by atoms with Crippen molar-refractivity contribution in [1.82, 2.24) is 15.2 Å². The fourth-order valence-electron chi connectivity index (χ4n) is 3.91. The maximum atomic E-state index is 13.0. The van der Waals surface area contributed by atoms with Crippen LogP contribution >= 0.6 is 0 Å². The summed E-state index contributed by atoms with van der Waals surface area (Å²) in [6.45, 7) is 4.61. The van der Waals surface area contributed by atoms with Crippen LogP contribution < -0.4 is 10.1 Å². The fraction of sp³-hybridized carbons (Fsp3) is 0.320. The van der Waals surface area contributed by atoms with Gasteiger partial charge in [-0.2, -0.15) is 0 Å². The Balaban J connectivity index is 1.51. The molecule has 0 unspecified atom stereocenters. The van der Waals surface area contributed by atoms with Crippen molar-refractivity contribution in [1.29, 1.82) is 0 Å². The number of pyridine rings is 1. The summed E-state index contributed by atoms with van der Waals surface area (Å²) in [6.07, 6.45) is 2.32. The quantitative estimate of drug-likeness (QED) is 0.562. The normalized spacial score (nSPS) is 13.6. The molecular weight excluding hydrogens is 390 g/mol.